The van der Waals surface area contributed by atoms with Gasteiger partial charge in [-0.3, -0.25) is 4.90 Å². The quantitative estimate of drug-likeness (QED) is 0.812. The van der Waals surface area contributed by atoms with E-state index < -0.39 is 10.0 Å². The topological polar surface area (TPSA) is 77.3 Å². The molecule has 3 heterocycles. The largest absolute Gasteiger partial charge is 0.299 e. The first kappa shape index (κ1) is 18.1. The molecule has 0 amide bonds. The van der Waals surface area contributed by atoms with Crippen molar-refractivity contribution in [3.05, 3.63) is 48.0 Å². The summed E-state index contributed by atoms with van der Waals surface area (Å²) < 4.78 is 27.7. The minimum absolute atomic E-state index is 0.0893. The summed E-state index contributed by atoms with van der Waals surface area (Å²) in [7, 11) is -3.60. The lowest BCUT2D eigenvalue weighted by Crippen LogP contribution is -2.37. The SMILES string of the molecule is N#Cc1ccc(-c2cccc(S(=O)(=O)N3CCC(N4CCCC4)C3)n2)cc1. The van der Waals surface area contributed by atoms with Gasteiger partial charge in [-0.2, -0.15) is 9.57 Å². The Balaban J connectivity index is 1.56. The first-order valence-corrected chi connectivity index (χ1v) is 10.7. The molecular weight excluding hydrogens is 360 g/mol. The van der Waals surface area contributed by atoms with E-state index in [1.165, 1.54) is 12.8 Å². The van der Waals surface area contributed by atoms with E-state index in [0.29, 0.717) is 30.4 Å². The third-order valence-corrected chi connectivity index (χ3v) is 7.19. The molecule has 2 saturated heterocycles. The Morgan fingerprint density at radius 3 is 2.48 bits per heavy atom. The molecule has 6 nitrogen and oxygen atoms in total. The molecule has 0 N–H and O–H groups in total. The molecule has 1 atom stereocenters. The maximum Gasteiger partial charge on any atom is 0.260 e. The highest BCUT2D eigenvalue weighted by molar-refractivity contribution is 7.89. The molecule has 2 fully saturated rings. The third-order valence-electron chi connectivity index (χ3n) is 5.42. The van der Waals surface area contributed by atoms with Crippen LogP contribution >= 0.6 is 0 Å². The molecule has 2 aromatic rings. The highest BCUT2D eigenvalue weighted by Gasteiger charge is 2.36. The van der Waals surface area contributed by atoms with Gasteiger partial charge in [-0.25, -0.2) is 13.4 Å². The second-order valence-corrected chi connectivity index (χ2v) is 8.98. The van der Waals surface area contributed by atoms with Gasteiger partial charge in [0, 0.05) is 24.7 Å². The Bertz CT molecular complexity index is 960. The van der Waals surface area contributed by atoms with Gasteiger partial charge in [0.05, 0.1) is 17.3 Å². The number of nitrogens with zero attached hydrogens (tertiary/aromatic N) is 4. The Labute approximate surface area is 160 Å². The molecule has 140 valence electrons. The fraction of sp³-hybridized carbons (Fsp3) is 0.400. The second-order valence-electron chi connectivity index (χ2n) is 7.10. The van der Waals surface area contributed by atoms with Crippen LogP contribution in [0.25, 0.3) is 11.3 Å². The lowest BCUT2D eigenvalue weighted by molar-refractivity contribution is 0.251. The Hall–Kier alpha value is -2.27. The minimum Gasteiger partial charge on any atom is -0.299 e. The van der Waals surface area contributed by atoms with Gasteiger partial charge in [0.2, 0.25) is 0 Å². The van der Waals surface area contributed by atoms with Crippen LogP contribution in [0.4, 0.5) is 0 Å². The maximum atomic E-state index is 13.1. The van der Waals surface area contributed by atoms with Crippen LogP contribution in [-0.2, 0) is 10.0 Å². The zero-order valence-corrected chi connectivity index (χ0v) is 15.9. The molecule has 0 saturated carbocycles. The summed E-state index contributed by atoms with van der Waals surface area (Å²) in [5.74, 6) is 0. The van der Waals surface area contributed by atoms with E-state index in [1.54, 1.807) is 46.8 Å². The summed E-state index contributed by atoms with van der Waals surface area (Å²) >= 11 is 0. The van der Waals surface area contributed by atoms with Gasteiger partial charge < -0.3 is 0 Å². The molecule has 1 unspecified atom stereocenters. The second kappa shape index (κ2) is 7.39. The minimum atomic E-state index is -3.60. The highest BCUT2D eigenvalue weighted by atomic mass is 32.2. The summed E-state index contributed by atoms with van der Waals surface area (Å²) in [6, 6.07) is 14.5. The maximum absolute atomic E-state index is 13.1. The van der Waals surface area contributed by atoms with Crippen molar-refractivity contribution < 1.29 is 8.42 Å². The van der Waals surface area contributed by atoms with Gasteiger partial charge in [-0.05, 0) is 56.6 Å². The van der Waals surface area contributed by atoms with E-state index in [2.05, 4.69) is 16.0 Å². The molecular formula is C20H22N4O2S. The molecule has 0 aliphatic carbocycles. The van der Waals surface area contributed by atoms with Gasteiger partial charge in [0.15, 0.2) is 5.03 Å². The van der Waals surface area contributed by atoms with Crippen LogP contribution < -0.4 is 0 Å². The summed E-state index contributed by atoms with van der Waals surface area (Å²) in [6.07, 6.45) is 3.30. The number of hydrogen-bond acceptors (Lipinski definition) is 5. The number of rotatable bonds is 4. The van der Waals surface area contributed by atoms with Crippen molar-refractivity contribution in [1.82, 2.24) is 14.2 Å². The number of pyridine rings is 1. The number of sulfonamides is 1. The van der Waals surface area contributed by atoms with Crippen LogP contribution in [0.5, 0.6) is 0 Å². The first-order valence-electron chi connectivity index (χ1n) is 9.30. The van der Waals surface area contributed by atoms with Crippen LogP contribution in [-0.4, -0.2) is 54.8 Å². The first-order chi connectivity index (χ1) is 13.1. The third kappa shape index (κ3) is 3.61. The monoisotopic (exact) mass is 382 g/mol. The van der Waals surface area contributed by atoms with E-state index in [-0.39, 0.29) is 5.03 Å². The van der Waals surface area contributed by atoms with E-state index in [4.69, 9.17) is 5.26 Å². The Morgan fingerprint density at radius 2 is 1.78 bits per heavy atom. The fourth-order valence-corrected chi connectivity index (χ4v) is 5.34. The standard InChI is InChI=1S/C20H22N4O2S/c21-14-16-6-8-17(9-7-16)19-4-3-5-20(22-19)27(25,26)24-13-10-18(15-24)23-11-1-2-12-23/h3-9,18H,1-2,10-13,15H2. The number of benzene rings is 1. The normalized spacial score (nSPS) is 21.4. The van der Waals surface area contributed by atoms with E-state index in [0.717, 1.165) is 25.1 Å². The van der Waals surface area contributed by atoms with Crippen molar-refractivity contribution in [1.29, 1.82) is 5.26 Å². The molecule has 4 rings (SSSR count). The van der Waals surface area contributed by atoms with Gasteiger partial charge in [-0.15, -0.1) is 0 Å². The molecule has 2 aliphatic heterocycles. The number of nitriles is 1. The van der Waals surface area contributed by atoms with E-state index in [1.807, 2.05) is 0 Å². The van der Waals surface area contributed by atoms with Gasteiger partial charge >= 0.3 is 0 Å². The van der Waals surface area contributed by atoms with Crippen LogP contribution in [0, 0.1) is 11.3 Å². The highest BCUT2D eigenvalue weighted by Crippen LogP contribution is 2.26. The number of likely N-dealkylation sites (tertiary alicyclic amines) is 1. The fourth-order valence-electron chi connectivity index (χ4n) is 3.90. The van der Waals surface area contributed by atoms with Crippen molar-refractivity contribution in [2.45, 2.75) is 30.3 Å². The molecule has 1 aromatic heterocycles. The average Bonchev–Trinajstić information content (AvgIpc) is 3.40. The predicted molar refractivity (Wildman–Crippen MR) is 102 cm³/mol. The van der Waals surface area contributed by atoms with Gasteiger partial charge in [-0.1, -0.05) is 18.2 Å². The van der Waals surface area contributed by atoms with Crippen molar-refractivity contribution in [3.8, 4) is 17.3 Å². The molecule has 2 aliphatic rings. The molecule has 0 spiro atoms. The molecule has 0 bridgehead atoms. The summed E-state index contributed by atoms with van der Waals surface area (Å²) in [4.78, 5) is 6.82. The van der Waals surface area contributed by atoms with E-state index in [9.17, 15) is 8.42 Å². The van der Waals surface area contributed by atoms with Crippen LogP contribution in [0.2, 0.25) is 0 Å². The molecule has 27 heavy (non-hydrogen) atoms. The van der Waals surface area contributed by atoms with Crippen LogP contribution in [0.1, 0.15) is 24.8 Å². The van der Waals surface area contributed by atoms with Crippen LogP contribution in [0.15, 0.2) is 47.5 Å². The zero-order chi connectivity index (χ0) is 18.9. The van der Waals surface area contributed by atoms with Crippen molar-refractivity contribution in [3.63, 3.8) is 0 Å². The van der Waals surface area contributed by atoms with Crippen molar-refractivity contribution in [2.75, 3.05) is 26.2 Å². The molecule has 1 aromatic carbocycles. The summed E-state index contributed by atoms with van der Waals surface area (Å²) in [5.41, 5.74) is 1.95. The molecule has 7 heteroatoms. The predicted octanol–water partition coefficient (Wildman–Crippen LogP) is 2.48. The van der Waals surface area contributed by atoms with E-state index >= 15 is 0 Å². The number of aromatic nitrogens is 1. The lowest BCUT2D eigenvalue weighted by Gasteiger charge is -2.23. The van der Waals surface area contributed by atoms with Crippen molar-refractivity contribution in [2.24, 2.45) is 0 Å². The number of hydrogen-bond donors (Lipinski definition) is 0. The van der Waals surface area contributed by atoms with Gasteiger partial charge in [0.1, 0.15) is 0 Å². The summed E-state index contributed by atoms with van der Waals surface area (Å²) in [6.45, 7) is 3.24. The smallest absolute Gasteiger partial charge is 0.260 e. The summed E-state index contributed by atoms with van der Waals surface area (Å²) in [5, 5.41) is 9.01. The van der Waals surface area contributed by atoms with Crippen LogP contribution in [0.3, 0.4) is 0 Å². The van der Waals surface area contributed by atoms with Gasteiger partial charge in [0.25, 0.3) is 10.0 Å². The Kier molecular flexibility index (Phi) is 4.96. The zero-order valence-electron chi connectivity index (χ0n) is 15.1. The molecule has 0 radical (unpaired) electrons. The Morgan fingerprint density at radius 1 is 1.04 bits per heavy atom. The lowest BCUT2D eigenvalue weighted by atomic mass is 10.1. The van der Waals surface area contributed by atoms with Crippen molar-refractivity contribution >= 4 is 10.0 Å². The average molecular weight is 382 g/mol.